The predicted octanol–water partition coefficient (Wildman–Crippen LogP) is 2.25. The van der Waals surface area contributed by atoms with E-state index in [-0.39, 0.29) is 18.5 Å². The number of aliphatic carboxylic acids is 1. The molecule has 0 saturated carbocycles. The highest BCUT2D eigenvalue weighted by molar-refractivity contribution is 5.94. The molecule has 0 bridgehead atoms. The first-order valence-corrected chi connectivity index (χ1v) is 7.81. The Labute approximate surface area is 144 Å². The molecule has 7 nitrogen and oxygen atoms in total. The number of carbonyl (C=O) groups excluding carboxylic acids is 1. The Hall–Kier alpha value is -3.35. The largest absolute Gasteiger partial charge is 0.480 e. The molecule has 1 unspecified atom stereocenters. The van der Waals surface area contributed by atoms with Crippen LogP contribution in [0, 0.1) is 0 Å². The van der Waals surface area contributed by atoms with Crippen molar-refractivity contribution >= 4 is 11.9 Å². The van der Waals surface area contributed by atoms with Gasteiger partial charge in [-0.25, -0.2) is 0 Å². The molecule has 2 heterocycles. The van der Waals surface area contributed by atoms with E-state index in [0.29, 0.717) is 5.56 Å². The molecule has 1 amide bonds. The Morgan fingerprint density at radius 3 is 2.52 bits per heavy atom. The van der Waals surface area contributed by atoms with Gasteiger partial charge in [-0.2, -0.15) is 5.10 Å². The Morgan fingerprint density at radius 1 is 1.20 bits per heavy atom. The van der Waals surface area contributed by atoms with Gasteiger partial charge in [-0.3, -0.25) is 14.3 Å². The van der Waals surface area contributed by atoms with E-state index in [1.807, 2.05) is 60.3 Å². The molecular weight excluding hydrogens is 320 g/mol. The summed E-state index contributed by atoms with van der Waals surface area (Å²) in [5.41, 5.74) is 2.35. The van der Waals surface area contributed by atoms with Crippen LogP contribution in [0.2, 0.25) is 0 Å². The number of rotatable bonds is 6. The van der Waals surface area contributed by atoms with Crippen molar-refractivity contribution in [2.45, 2.75) is 19.5 Å². The average molecular weight is 338 g/mol. The number of amides is 1. The van der Waals surface area contributed by atoms with E-state index < -0.39 is 5.97 Å². The summed E-state index contributed by atoms with van der Waals surface area (Å²) in [6.07, 6.45) is 6.72. The van der Waals surface area contributed by atoms with Crippen LogP contribution in [0.25, 0.3) is 5.69 Å². The molecular formula is C18H18N4O3. The maximum absolute atomic E-state index is 12.3. The minimum Gasteiger partial charge on any atom is -0.480 e. The number of hydrogen-bond donors (Lipinski definition) is 2. The van der Waals surface area contributed by atoms with Crippen LogP contribution in [0.15, 0.2) is 61.2 Å². The monoisotopic (exact) mass is 338 g/mol. The topological polar surface area (TPSA) is 89.2 Å². The summed E-state index contributed by atoms with van der Waals surface area (Å²) in [7, 11) is 0. The SMILES string of the molecule is CC(NC(=O)c1cnn(CC(=O)O)c1)c1ccc(-n2cccc2)cc1. The fourth-order valence-corrected chi connectivity index (χ4v) is 2.51. The van der Waals surface area contributed by atoms with E-state index in [4.69, 9.17) is 5.11 Å². The Kier molecular flexibility index (Phi) is 4.65. The molecule has 0 saturated heterocycles. The number of benzene rings is 1. The molecule has 25 heavy (non-hydrogen) atoms. The highest BCUT2D eigenvalue weighted by Gasteiger charge is 2.14. The molecule has 2 N–H and O–H groups in total. The van der Waals surface area contributed by atoms with Gasteiger partial charge in [-0.15, -0.1) is 0 Å². The Bertz CT molecular complexity index is 866. The number of carboxylic acid groups (broad SMARTS) is 1. The van der Waals surface area contributed by atoms with Crippen molar-refractivity contribution in [3.63, 3.8) is 0 Å². The fourth-order valence-electron chi connectivity index (χ4n) is 2.51. The van der Waals surface area contributed by atoms with Crippen LogP contribution < -0.4 is 5.32 Å². The quantitative estimate of drug-likeness (QED) is 0.721. The van der Waals surface area contributed by atoms with E-state index in [9.17, 15) is 9.59 Å². The first-order chi connectivity index (χ1) is 12.0. The second-order valence-electron chi connectivity index (χ2n) is 5.70. The number of carbonyl (C=O) groups is 2. The second kappa shape index (κ2) is 7.04. The van der Waals surface area contributed by atoms with Gasteiger partial charge in [0, 0.05) is 24.3 Å². The van der Waals surface area contributed by atoms with Crippen LogP contribution in [0.1, 0.15) is 28.9 Å². The molecule has 7 heteroatoms. The third-order valence-corrected chi connectivity index (χ3v) is 3.84. The number of aromatic nitrogens is 3. The van der Waals surface area contributed by atoms with Crippen molar-refractivity contribution in [2.24, 2.45) is 0 Å². The number of nitrogens with zero attached hydrogens (tertiary/aromatic N) is 3. The van der Waals surface area contributed by atoms with Crippen molar-refractivity contribution in [1.82, 2.24) is 19.7 Å². The lowest BCUT2D eigenvalue weighted by Gasteiger charge is -2.14. The van der Waals surface area contributed by atoms with Gasteiger partial charge >= 0.3 is 5.97 Å². The summed E-state index contributed by atoms with van der Waals surface area (Å²) in [5, 5.41) is 15.5. The normalized spacial score (nSPS) is 11.9. The molecule has 0 fully saturated rings. The van der Waals surface area contributed by atoms with Crippen LogP contribution in [-0.4, -0.2) is 31.3 Å². The van der Waals surface area contributed by atoms with Crippen LogP contribution in [0.4, 0.5) is 0 Å². The molecule has 0 spiro atoms. The average Bonchev–Trinajstić information content (AvgIpc) is 3.26. The van der Waals surface area contributed by atoms with Gasteiger partial charge in [0.15, 0.2) is 0 Å². The molecule has 0 aliphatic rings. The van der Waals surface area contributed by atoms with Crippen molar-refractivity contribution < 1.29 is 14.7 Å². The lowest BCUT2D eigenvalue weighted by Crippen LogP contribution is -2.26. The van der Waals surface area contributed by atoms with Crippen LogP contribution in [0.3, 0.4) is 0 Å². The van der Waals surface area contributed by atoms with Crippen molar-refractivity contribution in [1.29, 1.82) is 0 Å². The molecule has 3 aromatic rings. The van der Waals surface area contributed by atoms with Gasteiger partial charge in [-0.1, -0.05) is 12.1 Å². The van der Waals surface area contributed by atoms with Gasteiger partial charge < -0.3 is 15.0 Å². The highest BCUT2D eigenvalue weighted by Crippen LogP contribution is 2.16. The smallest absolute Gasteiger partial charge is 0.325 e. The molecule has 1 aromatic carbocycles. The molecule has 1 atom stereocenters. The van der Waals surface area contributed by atoms with Gasteiger partial charge in [0.2, 0.25) is 0 Å². The Morgan fingerprint density at radius 2 is 1.88 bits per heavy atom. The summed E-state index contributed by atoms with van der Waals surface area (Å²) >= 11 is 0. The van der Waals surface area contributed by atoms with Crippen LogP contribution in [-0.2, 0) is 11.3 Å². The summed E-state index contributed by atoms with van der Waals surface area (Å²) in [5.74, 6) is -1.30. The summed E-state index contributed by atoms with van der Waals surface area (Å²) in [4.78, 5) is 22.9. The third kappa shape index (κ3) is 3.95. The molecule has 0 radical (unpaired) electrons. The van der Waals surface area contributed by atoms with Gasteiger partial charge in [0.1, 0.15) is 6.54 Å². The van der Waals surface area contributed by atoms with Gasteiger partial charge in [-0.05, 0) is 36.8 Å². The van der Waals surface area contributed by atoms with Crippen molar-refractivity contribution in [2.75, 3.05) is 0 Å². The van der Waals surface area contributed by atoms with E-state index in [0.717, 1.165) is 11.3 Å². The van der Waals surface area contributed by atoms with Crippen LogP contribution in [0.5, 0.6) is 0 Å². The van der Waals surface area contributed by atoms with E-state index >= 15 is 0 Å². The number of nitrogens with one attached hydrogen (secondary N) is 1. The lowest BCUT2D eigenvalue weighted by atomic mass is 10.1. The van der Waals surface area contributed by atoms with Crippen molar-refractivity contribution in [3.8, 4) is 5.69 Å². The first kappa shape index (κ1) is 16.5. The summed E-state index contributed by atoms with van der Waals surface area (Å²) in [6.45, 7) is 1.62. The zero-order valence-electron chi connectivity index (χ0n) is 13.7. The van der Waals surface area contributed by atoms with Gasteiger partial charge in [0.25, 0.3) is 5.91 Å². The van der Waals surface area contributed by atoms with E-state index in [2.05, 4.69) is 10.4 Å². The minimum absolute atomic E-state index is 0.186. The van der Waals surface area contributed by atoms with E-state index in [1.165, 1.54) is 17.1 Å². The minimum atomic E-state index is -1.01. The fraction of sp³-hybridized carbons (Fsp3) is 0.167. The molecule has 128 valence electrons. The maximum atomic E-state index is 12.3. The van der Waals surface area contributed by atoms with Crippen LogP contribution >= 0.6 is 0 Å². The van der Waals surface area contributed by atoms with E-state index in [1.54, 1.807) is 0 Å². The Balaban J connectivity index is 1.65. The molecule has 0 aliphatic carbocycles. The predicted molar refractivity (Wildman–Crippen MR) is 91.5 cm³/mol. The number of carboxylic acids is 1. The standard InChI is InChI=1S/C18H18N4O3/c1-13(14-4-6-16(7-5-14)21-8-2-3-9-21)20-18(25)15-10-19-22(11-15)12-17(23)24/h2-11,13H,12H2,1H3,(H,20,25)(H,23,24). The summed E-state index contributed by atoms with van der Waals surface area (Å²) < 4.78 is 3.22. The number of hydrogen-bond acceptors (Lipinski definition) is 3. The first-order valence-electron chi connectivity index (χ1n) is 7.81. The lowest BCUT2D eigenvalue weighted by molar-refractivity contribution is -0.137. The third-order valence-electron chi connectivity index (χ3n) is 3.84. The zero-order valence-corrected chi connectivity index (χ0v) is 13.7. The molecule has 0 aliphatic heterocycles. The molecule has 2 aromatic heterocycles. The maximum Gasteiger partial charge on any atom is 0.325 e. The van der Waals surface area contributed by atoms with Gasteiger partial charge in [0.05, 0.1) is 17.8 Å². The second-order valence-corrected chi connectivity index (χ2v) is 5.70. The summed E-state index contributed by atoms with van der Waals surface area (Å²) in [6, 6.07) is 11.6. The van der Waals surface area contributed by atoms with Crippen molar-refractivity contribution in [3.05, 3.63) is 72.3 Å². The highest BCUT2D eigenvalue weighted by atomic mass is 16.4. The molecule has 3 rings (SSSR count). The zero-order chi connectivity index (χ0) is 17.8.